The van der Waals surface area contributed by atoms with Crippen LogP contribution in [-0.4, -0.2) is 49.6 Å². The number of ether oxygens (including phenoxy) is 1. The SMILES string of the molecule is CC(=O)N(CC(=O)N1CCOCC1)c1ccccc1C#N. The summed E-state index contributed by atoms with van der Waals surface area (Å²) < 4.78 is 5.21. The van der Waals surface area contributed by atoms with E-state index in [-0.39, 0.29) is 18.4 Å². The van der Waals surface area contributed by atoms with Crippen LogP contribution in [0.15, 0.2) is 24.3 Å². The van der Waals surface area contributed by atoms with Crippen LogP contribution in [0.5, 0.6) is 0 Å². The number of benzene rings is 1. The minimum absolute atomic E-state index is 0.0615. The molecule has 0 bridgehead atoms. The molecule has 0 radical (unpaired) electrons. The maximum atomic E-state index is 12.3. The molecule has 1 aliphatic heterocycles. The average molecular weight is 287 g/mol. The summed E-state index contributed by atoms with van der Waals surface area (Å²) in [7, 11) is 0. The van der Waals surface area contributed by atoms with Crippen molar-refractivity contribution < 1.29 is 14.3 Å². The maximum Gasteiger partial charge on any atom is 0.242 e. The topological polar surface area (TPSA) is 73.6 Å². The monoisotopic (exact) mass is 287 g/mol. The van der Waals surface area contributed by atoms with Crippen molar-refractivity contribution in [3.05, 3.63) is 29.8 Å². The molecule has 0 N–H and O–H groups in total. The average Bonchev–Trinajstić information content (AvgIpc) is 2.53. The molecule has 21 heavy (non-hydrogen) atoms. The molecular formula is C15H17N3O3. The number of nitrogens with zero attached hydrogens (tertiary/aromatic N) is 3. The molecule has 2 amide bonds. The molecule has 1 saturated heterocycles. The molecule has 1 aliphatic rings. The smallest absolute Gasteiger partial charge is 0.242 e. The van der Waals surface area contributed by atoms with E-state index >= 15 is 0 Å². The standard InChI is InChI=1S/C15H17N3O3/c1-12(19)18(14-5-3-2-4-13(14)10-16)11-15(20)17-6-8-21-9-7-17/h2-5H,6-9,11H2,1H3. The fourth-order valence-corrected chi connectivity index (χ4v) is 2.22. The van der Waals surface area contributed by atoms with Gasteiger partial charge in [0.05, 0.1) is 24.5 Å². The molecule has 6 nitrogen and oxygen atoms in total. The number of amides is 2. The number of para-hydroxylation sites is 1. The lowest BCUT2D eigenvalue weighted by Gasteiger charge is -2.30. The van der Waals surface area contributed by atoms with Crippen LogP contribution in [0, 0.1) is 11.3 Å². The van der Waals surface area contributed by atoms with E-state index in [1.54, 1.807) is 29.2 Å². The number of hydrogen-bond donors (Lipinski definition) is 0. The summed E-state index contributed by atoms with van der Waals surface area (Å²) in [6.45, 7) is 3.42. The van der Waals surface area contributed by atoms with E-state index in [2.05, 4.69) is 0 Å². The fraction of sp³-hybridized carbons (Fsp3) is 0.400. The summed E-state index contributed by atoms with van der Waals surface area (Å²) in [6, 6.07) is 8.82. The first-order valence-electron chi connectivity index (χ1n) is 6.76. The number of morpholine rings is 1. The quantitative estimate of drug-likeness (QED) is 0.823. The predicted molar refractivity (Wildman–Crippen MR) is 76.6 cm³/mol. The Morgan fingerprint density at radius 1 is 1.33 bits per heavy atom. The van der Waals surface area contributed by atoms with Gasteiger partial charge in [0.1, 0.15) is 12.6 Å². The highest BCUT2D eigenvalue weighted by Crippen LogP contribution is 2.20. The summed E-state index contributed by atoms with van der Waals surface area (Å²) in [4.78, 5) is 27.1. The van der Waals surface area contributed by atoms with Gasteiger partial charge in [0.25, 0.3) is 0 Å². The van der Waals surface area contributed by atoms with Gasteiger partial charge in [-0.1, -0.05) is 12.1 Å². The van der Waals surface area contributed by atoms with Crippen LogP contribution in [-0.2, 0) is 14.3 Å². The molecule has 1 aromatic carbocycles. The highest BCUT2D eigenvalue weighted by Gasteiger charge is 2.23. The van der Waals surface area contributed by atoms with Crippen LogP contribution in [0.4, 0.5) is 5.69 Å². The lowest BCUT2D eigenvalue weighted by atomic mass is 10.1. The van der Waals surface area contributed by atoms with Crippen LogP contribution < -0.4 is 4.90 Å². The Morgan fingerprint density at radius 3 is 2.62 bits per heavy atom. The van der Waals surface area contributed by atoms with Crippen molar-refractivity contribution in [3.63, 3.8) is 0 Å². The Kier molecular flexibility index (Phi) is 4.90. The van der Waals surface area contributed by atoms with Crippen molar-refractivity contribution in [1.82, 2.24) is 4.90 Å². The van der Waals surface area contributed by atoms with Crippen molar-refractivity contribution in [1.29, 1.82) is 5.26 Å². The molecule has 110 valence electrons. The molecule has 1 fully saturated rings. The zero-order chi connectivity index (χ0) is 15.2. The van der Waals surface area contributed by atoms with Crippen molar-refractivity contribution in [3.8, 4) is 6.07 Å². The molecule has 0 spiro atoms. The minimum Gasteiger partial charge on any atom is -0.378 e. The minimum atomic E-state index is -0.265. The van der Waals surface area contributed by atoms with Gasteiger partial charge in [0.2, 0.25) is 11.8 Å². The van der Waals surface area contributed by atoms with Crippen LogP contribution in [0.3, 0.4) is 0 Å². The number of carbonyl (C=O) groups excluding carboxylic acids is 2. The lowest BCUT2D eigenvalue weighted by Crippen LogP contribution is -2.47. The second-order valence-corrected chi connectivity index (χ2v) is 4.73. The zero-order valence-electron chi connectivity index (χ0n) is 11.9. The highest BCUT2D eigenvalue weighted by atomic mass is 16.5. The van der Waals surface area contributed by atoms with Crippen molar-refractivity contribution >= 4 is 17.5 Å². The number of nitriles is 1. The van der Waals surface area contributed by atoms with E-state index in [0.717, 1.165) is 0 Å². The Hall–Kier alpha value is -2.39. The van der Waals surface area contributed by atoms with Gasteiger partial charge in [-0.3, -0.25) is 9.59 Å². The molecule has 0 saturated carbocycles. The van der Waals surface area contributed by atoms with Gasteiger partial charge >= 0.3 is 0 Å². The highest BCUT2D eigenvalue weighted by molar-refractivity contribution is 5.98. The van der Waals surface area contributed by atoms with Gasteiger partial charge < -0.3 is 14.5 Å². The molecule has 2 rings (SSSR count). The summed E-state index contributed by atoms with van der Waals surface area (Å²) >= 11 is 0. The van der Waals surface area contributed by atoms with Crippen molar-refractivity contribution in [2.24, 2.45) is 0 Å². The summed E-state index contributed by atoms with van der Waals surface area (Å²) in [5.41, 5.74) is 0.844. The Bertz CT molecular complexity index is 574. The predicted octanol–water partition coefficient (Wildman–Crippen LogP) is 0.770. The third-order valence-electron chi connectivity index (χ3n) is 3.35. The third kappa shape index (κ3) is 3.58. The second-order valence-electron chi connectivity index (χ2n) is 4.73. The number of carbonyl (C=O) groups is 2. The fourth-order valence-electron chi connectivity index (χ4n) is 2.22. The van der Waals surface area contributed by atoms with Crippen LogP contribution in [0.1, 0.15) is 12.5 Å². The van der Waals surface area contributed by atoms with E-state index in [9.17, 15) is 9.59 Å². The van der Waals surface area contributed by atoms with Gasteiger partial charge in [-0.05, 0) is 12.1 Å². The van der Waals surface area contributed by atoms with Crippen molar-refractivity contribution in [2.45, 2.75) is 6.92 Å². The third-order valence-corrected chi connectivity index (χ3v) is 3.35. The first kappa shape index (κ1) is 15.0. The van der Waals surface area contributed by atoms with Crippen LogP contribution in [0.25, 0.3) is 0 Å². The lowest BCUT2D eigenvalue weighted by molar-refractivity contribution is -0.134. The summed E-state index contributed by atoms with van der Waals surface area (Å²) in [5, 5.41) is 9.13. The first-order chi connectivity index (χ1) is 10.1. The molecule has 0 aliphatic carbocycles. The van der Waals surface area contributed by atoms with Crippen molar-refractivity contribution in [2.75, 3.05) is 37.7 Å². The second kappa shape index (κ2) is 6.86. The zero-order valence-corrected chi connectivity index (χ0v) is 11.9. The van der Waals surface area contributed by atoms with Gasteiger partial charge in [-0.15, -0.1) is 0 Å². The Morgan fingerprint density at radius 2 is 2.00 bits per heavy atom. The van der Waals surface area contributed by atoms with Crippen LogP contribution >= 0.6 is 0 Å². The number of anilines is 1. The van der Waals surface area contributed by atoms with E-state index in [1.165, 1.54) is 11.8 Å². The molecule has 1 heterocycles. The van der Waals surface area contributed by atoms with Gasteiger partial charge in [0.15, 0.2) is 0 Å². The van der Waals surface area contributed by atoms with Crippen LogP contribution in [0.2, 0.25) is 0 Å². The molecule has 1 aromatic rings. The molecule has 6 heteroatoms. The molecular weight excluding hydrogens is 270 g/mol. The number of hydrogen-bond acceptors (Lipinski definition) is 4. The summed E-state index contributed by atoms with van der Waals surface area (Å²) in [5.74, 6) is -0.402. The number of rotatable bonds is 3. The normalized spacial score (nSPS) is 14.4. The largest absolute Gasteiger partial charge is 0.378 e. The Labute approximate surface area is 123 Å². The van der Waals surface area contributed by atoms with E-state index in [4.69, 9.17) is 10.00 Å². The van der Waals surface area contributed by atoms with E-state index in [0.29, 0.717) is 37.6 Å². The molecule has 0 unspecified atom stereocenters. The summed E-state index contributed by atoms with van der Waals surface area (Å²) in [6.07, 6.45) is 0. The molecule has 0 aromatic heterocycles. The van der Waals surface area contributed by atoms with E-state index < -0.39 is 0 Å². The van der Waals surface area contributed by atoms with Gasteiger partial charge in [0, 0.05) is 20.0 Å². The van der Waals surface area contributed by atoms with Gasteiger partial charge in [-0.2, -0.15) is 5.26 Å². The van der Waals surface area contributed by atoms with Gasteiger partial charge in [-0.25, -0.2) is 0 Å². The van der Waals surface area contributed by atoms with E-state index in [1.807, 2.05) is 6.07 Å². The Balaban J connectivity index is 2.18. The first-order valence-corrected chi connectivity index (χ1v) is 6.76. The molecule has 0 atom stereocenters. The maximum absolute atomic E-state index is 12.3.